The number of rotatable bonds is 7. The van der Waals surface area contributed by atoms with Crippen LogP contribution in [0.4, 0.5) is 0 Å². The second kappa shape index (κ2) is 8.96. The average Bonchev–Trinajstić information content (AvgIpc) is 3.04. The lowest BCUT2D eigenvalue weighted by atomic mass is 10.1. The number of sulfone groups is 1. The van der Waals surface area contributed by atoms with Crippen LogP contribution < -0.4 is 0 Å². The average molecular weight is 422 g/mol. The van der Waals surface area contributed by atoms with E-state index in [4.69, 9.17) is 4.74 Å². The van der Waals surface area contributed by atoms with Gasteiger partial charge in [0.25, 0.3) is 5.91 Å². The fourth-order valence-corrected chi connectivity index (χ4v) is 5.80. The third-order valence-electron chi connectivity index (χ3n) is 4.74. The molecule has 2 aromatic carbocycles. The van der Waals surface area contributed by atoms with Gasteiger partial charge in [0, 0.05) is 17.5 Å². The maximum atomic E-state index is 12.3. The molecule has 0 N–H and O–H groups in total. The molecule has 1 atom stereocenters. The van der Waals surface area contributed by atoms with Gasteiger partial charge in [0.05, 0.1) is 17.3 Å². The fourth-order valence-electron chi connectivity index (χ4n) is 3.33. The molecule has 0 bridgehead atoms. The first-order valence-electron chi connectivity index (χ1n) is 9.15. The summed E-state index contributed by atoms with van der Waals surface area (Å²) in [4.78, 5) is 26.8. The Morgan fingerprint density at radius 3 is 2.61 bits per heavy atom. The Kier molecular flexibility index (Phi) is 6.61. The van der Waals surface area contributed by atoms with Crippen molar-refractivity contribution in [3.63, 3.8) is 0 Å². The summed E-state index contributed by atoms with van der Waals surface area (Å²) < 4.78 is 28.4. The Morgan fingerprint density at radius 1 is 1.18 bits per heavy atom. The van der Waals surface area contributed by atoms with Crippen LogP contribution >= 0.6 is 11.8 Å². The van der Waals surface area contributed by atoms with Gasteiger partial charge in [-0.25, -0.2) is 8.42 Å². The molecule has 0 unspecified atom stereocenters. The maximum Gasteiger partial charge on any atom is 0.316 e. The van der Waals surface area contributed by atoms with E-state index in [9.17, 15) is 18.0 Å². The molecule has 1 fully saturated rings. The van der Waals surface area contributed by atoms with E-state index in [0.29, 0.717) is 13.0 Å². The van der Waals surface area contributed by atoms with Crippen LogP contribution in [0, 0.1) is 0 Å². The second-order valence-electron chi connectivity index (χ2n) is 6.69. The standard InChI is InChI=1S/C20H23NO5S2/c1-2-21(17-9-10-28(24,25)14-17)19(22)12-26-20(23)13-27-18-8-7-15-5-3-4-6-16(15)11-18/h3-8,11,17H,2,9-10,12-14H2,1H3/t17-/m1/s1. The molecule has 0 aliphatic carbocycles. The van der Waals surface area contributed by atoms with Crippen LogP contribution in [0.1, 0.15) is 13.3 Å². The quantitative estimate of drug-likeness (QED) is 0.505. The van der Waals surface area contributed by atoms with E-state index in [1.807, 2.05) is 42.5 Å². The summed E-state index contributed by atoms with van der Waals surface area (Å²) >= 11 is 1.36. The van der Waals surface area contributed by atoms with Crippen LogP contribution in [-0.2, 0) is 24.2 Å². The van der Waals surface area contributed by atoms with E-state index in [2.05, 4.69) is 0 Å². The first-order valence-corrected chi connectivity index (χ1v) is 12.0. The molecular weight excluding hydrogens is 398 g/mol. The highest BCUT2D eigenvalue weighted by Gasteiger charge is 2.34. The van der Waals surface area contributed by atoms with Gasteiger partial charge in [-0.1, -0.05) is 30.3 Å². The van der Waals surface area contributed by atoms with E-state index >= 15 is 0 Å². The van der Waals surface area contributed by atoms with Crippen molar-refractivity contribution < 1.29 is 22.7 Å². The van der Waals surface area contributed by atoms with Gasteiger partial charge in [0.15, 0.2) is 16.4 Å². The predicted molar refractivity (Wildman–Crippen MR) is 110 cm³/mol. The number of likely N-dealkylation sites (N-methyl/N-ethyl adjacent to an activating group) is 1. The van der Waals surface area contributed by atoms with Crippen LogP contribution in [0.15, 0.2) is 47.4 Å². The number of esters is 1. The molecule has 1 saturated heterocycles. The molecule has 0 spiro atoms. The van der Waals surface area contributed by atoms with Crippen molar-refractivity contribution in [3.8, 4) is 0 Å². The van der Waals surface area contributed by atoms with Gasteiger partial charge in [-0.3, -0.25) is 9.59 Å². The van der Waals surface area contributed by atoms with Crippen molar-refractivity contribution in [1.29, 1.82) is 0 Å². The summed E-state index contributed by atoms with van der Waals surface area (Å²) in [7, 11) is -3.08. The van der Waals surface area contributed by atoms with Crippen LogP contribution in [0.5, 0.6) is 0 Å². The minimum Gasteiger partial charge on any atom is -0.455 e. The van der Waals surface area contributed by atoms with Gasteiger partial charge < -0.3 is 9.64 Å². The normalized spacial score (nSPS) is 18.1. The van der Waals surface area contributed by atoms with Gasteiger partial charge in [-0.05, 0) is 36.2 Å². The van der Waals surface area contributed by atoms with E-state index < -0.39 is 15.8 Å². The molecule has 8 heteroatoms. The molecule has 150 valence electrons. The first-order chi connectivity index (χ1) is 13.4. The van der Waals surface area contributed by atoms with Crippen molar-refractivity contribution in [1.82, 2.24) is 4.90 Å². The summed E-state index contributed by atoms with van der Waals surface area (Å²) in [6.45, 7) is 1.82. The lowest BCUT2D eigenvalue weighted by Gasteiger charge is -2.26. The molecule has 28 heavy (non-hydrogen) atoms. The predicted octanol–water partition coefficient (Wildman–Crippen LogP) is 2.51. The molecule has 0 saturated carbocycles. The van der Waals surface area contributed by atoms with Crippen LogP contribution in [0.25, 0.3) is 10.8 Å². The number of hydrogen-bond donors (Lipinski definition) is 0. The monoisotopic (exact) mass is 421 g/mol. The summed E-state index contributed by atoms with van der Waals surface area (Å²) in [5.41, 5.74) is 0. The van der Waals surface area contributed by atoms with Crippen molar-refractivity contribution in [3.05, 3.63) is 42.5 Å². The molecule has 1 heterocycles. The zero-order valence-corrected chi connectivity index (χ0v) is 17.3. The van der Waals surface area contributed by atoms with Gasteiger partial charge in [0.2, 0.25) is 0 Å². The number of nitrogens with zero attached hydrogens (tertiary/aromatic N) is 1. The molecule has 6 nitrogen and oxygen atoms in total. The SMILES string of the molecule is CCN(C(=O)COC(=O)CSc1ccc2ccccc2c1)[C@@H]1CCS(=O)(=O)C1. The van der Waals surface area contributed by atoms with Crippen molar-refractivity contribution in [2.75, 3.05) is 30.4 Å². The summed E-state index contributed by atoms with van der Waals surface area (Å²) in [5.74, 6) is -0.632. The number of amides is 1. The van der Waals surface area contributed by atoms with Crippen LogP contribution in [-0.4, -0.2) is 61.6 Å². The van der Waals surface area contributed by atoms with Gasteiger partial charge in [-0.2, -0.15) is 0 Å². The van der Waals surface area contributed by atoms with Crippen molar-refractivity contribution in [2.24, 2.45) is 0 Å². The van der Waals surface area contributed by atoms with Crippen molar-refractivity contribution in [2.45, 2.75) is 24.3 Å². The van der Waals surface area contributed by atoms with E-state index in [-0.39, 0.29) is 35.8 Å². The highest BCUT2D eigenvalue weighted by atomic mass is 32.2. The minimum absolute atomic E-state index is 0.0155. The summed E-state index contributed by atoms with van der Waals surface area (Å²) in [6.07, 6.45) is 0.438. The molecular formula is C20H23NO5S2. The van der Waals surface area contributed by atoms with Crippen molar-refractivity contribution >= 4 is 44.2 Å². The second-order valence-corrected chi connectivity index (χ2v) is 9.97. The number of carbonyl (C=O) groups excluding carboxylic acids is 2. The third kappa shape index (κ3) is 5.26. The number of carbonyl (C=O) groups is 2. The summed E-state index contributed by atoms with van der Waals surface area (Å²) in [5, 5.41) is 2.23. The molecule has 2 aromatic rings. The molecule has 1 aliphatic rings. The Bertz CT molecular complexity index is 973. The highest BCUT2D eigenvalue weighted by molar-refractivity contribution is 8.00. The lowest BCUT2D eigenvalue weighted by Crippen LogP contribution is -2.43. The topological polar surface area (TPSA) is 80.8 Å². The van der Waals surface area contributed by atoms with Crippen LogP contribution in [0.2, 0.25) is 0 Å². The Morgan fingerprint density at radius 2 is 1.93 bits per heavy atom. The van der Waals surface area contributed by atoms with E-state index in [1.165, 1.54) is 16.7 Å². The number of ether oxygens (including phenoxy) is 1. The Hall–Kier alpha value is -2.06. The van der Waals surface area contributed by atoms with Crippen LogP contribution in [0.3, 0.4) is 0 Å². The molecule has 0 radical (unpaired) electrons. The lowest BCUT2D eigenvalue weighted by molar-refractivity contribution is -0.150. The number of fused-ring (bicyclic) bond motifs is 1. The molecule has 3 rings (SSSR count). The summed E-state index contributed by atoms with van der Waals surface area (Å²) in [6, 6.07) is 13.6. The number of thioether (sulfide) groups is 1. The Labute approximate surface area is 169 Å². The first kappa shape index (κ1) is 20.7. The van der Waals surface area contributed by atoms with Gasteiger partial charge in [0.1, 0.15) is 0 Å². The largest absolute Gasteiger partial charge is 0.455 e. The maximum absolute atomic E-state index is 12.3. The smallest absolute Gasteiger partial charge is 0.316 e. The highest BCUT2D eigenvalue weighted by Crippen LogP contribution is 2.23. The third-order valence-corrected chi connectivity index (χ3v) is 7.46. The zero-order chi connectivity index (χ0) is 20.1. The number of hydrogen-bond acceptors (Lipinski definition) is 6. The zero-order valence-electron chi connectivity index (χ0n) is 15.7. The van der Waals surface area contributed by atoms with E-state index in [1.54, 1.807) is 6.92 Å². The molecule has 1 amide bonds. The Balaban J connectivity index is 1.48. The van der Waals surface area contributed by atoms with E-state index in [0.717, 1.165) is 15.7 Å². The number of benzene rings is 2. The molecule has 1 aliphatic heterocycles. The molecule has 0 aromatic heterocycles. The minimum atomic E-state index is -3.08. The van der Waals surface area contributed by atoms with Gasteiger partial charge >= 0.3 is 5.97 Å². The van der Waals surface area contributed by atoms with Gasteiger partial charge in [-0.15, -0.1) is 11.8 Å². The fraction of sp³-hybridized carbons (Fsp3) is 0.400.